The van der Waals surface area contributed by atoms with Gasteiger partial charge >= 0.3 is 6.09 Å². The Bertz CT molecular complexity index is 1360. The van der Waals surface area contributed by atoms with Crippen LogP contribution in [0.5, 0.6) is 0 Å². The van der Waals surface area contributed by atoms with E-state index >= 15 is 0 Å². The molecule has 1 aromatic heterocycles. The Kier molecular flexibility index (Phi) is 7.71. The molecule has 184 valence electrons. The fourth-order valence-electron chi connectivity index (χ4n) is 3.78. The summed E-state index contributed by atoms with van der Waals surface area (Å²) in [6, 6.07) is 22.8. The highest BCUT2D eigenvalue weighted by molar-refractivity contribution is 6.31. The lowest BCUT2D eigenvalue weighted by atomic mass is 10.0. The van der Waals surface area contributed by atoms with Crippen molar-refractivity contribution in [1.29, 1.82) is 0 Å². The van der Waals surface area contributed by atoms with Crippen LogP contribution in [0.3, 0.4) is 0 Å². The molecule has 3 aromatic carbocycles. The van der Waals surface area contributed by atoms with E-state index in [2.05, 4.69) is 15.8 Å². The number of likely N-dealkylation sites (N-methyl/N-ethyl adjacent to an activating group) is 1. The predicted octanol–water partition coefficient (Wildman–Crippen LogP) is 6.57. The van der Waals surface area contributed by atoms with Crippen molar-refractivity contribution in [2.75, 3.05) is 12.4 Å². The summed E-state index contributed by atoms with van der Waals surface area (Å²) in [5.41, 5.74) is 5.41. The van der Waals surface area contributed by atoms with Gasteiger partial charge in [0, 0.05) is 23.2 Å². The molecule has 0 saturated carbocycles. The van der Waals surface area contributed by atoms with Crippen LogP contribution >= 0.6 is 11.6 Å². The quantitative estimate of drug-likeness (QED) is 0.297. The topological polar surface area (TPSA) is 93.5 Å². The summed E-state index contributed by atoms with van der Waals surface area (Å²) in [6.07, 6.45) is -0.830. The van der Waals surface area contributed by atoms with Crippen LogP contribution in [0.15, 0.2) is 77.3 Å². The van der Waals surface area contributed by atoms with Crippen LogP contribution in [-0.4, -0.2) is 24.2 Å². The maximum Gasteiger partial charge on any atom is 0.412 e. The SMILES string of the molecule is CNC(=O)Cc1ccc(-c2ccc(-c3onc(C)c3NC(=O)O[C@H](C)c3ccccc3Cl)cc2)cc1. The molecule has 0 bridgehead atoms. The molecule has 0 aliphatic rings. The second-order valence-electron chi connectivity index (χ2n) is 8.29. The van der Waals surface area contributed by atoms with Gasteiger partial charge in [-0.2, -0.15) is 0 Å². The second-order valence-corrected chi connectivity index (χ2v) is 8.70. The molecule has 0 fully saturated rings. The number of nitrogens with one attached hydrogen (secondary N) is 2. The standard InChI is InChI=1S/C28H26ClN3O4/c1-17-26(31-28(34)35-18(2)23-6-4-5-7-24(23)29)27(36-32-17)22-14-12-21(13-15-22)20-10-8-19(9-11-20)16-25(33)30-3/h4-15,18H,16H2,1-3H3,(H,30,33)(H,31,34)/t18-/m1/s1. The predicted molar refractivity (Wildman–Crippen MR) is 140 cm³/mol. The van der Waals surface area contributed by atoms with Crippen LogP contribution < -0.4 is 10.6 Å². The largest absolute Gasteiger partial charge is 0.441 e. The molecule has 8 heteroatoms. The van der Waals surface area contributed by atoms with Crippen LogP contribution in [0.4, 0.5) is 10.5 Å². The van der Waals surface area contributed by atoms with Crippen molar-refractivity contribution >= 4 is 29.3 Å². The molecule has 4 rings (SSSR count). The first-order chi connectivity index (χ1) is 17.4. The number of nitrogens with zero attached hydrogens (tertiary/aromatic N) is 1. The normalized spacial score (nSPS) is 11.6. The van der Waals surface area contributed by atoms with Gasteiger partial charge < -0.3 is 14.6 Å². The Morgan fingerprint density at radius 1 is 0.972 bits per heavy atom. The number of benzene rings is 3. The average molecular weight is 504 g/mol. The van der Waals surface area contributed by atoms with Gasteiger partial charge in [-0.3, -0.25) is 10.1 Å². The van der Waals surface area contributed by atoms with Crippen molar-refractivity contribution in [3.05, 3.63) is 94.6 Å². The van der Waals surface area contributed by atoms with Gasteiger partial charge in [0.15, 0.2) is 5.76 Å². The first-order valence-corrected chi connectivity index (χ1v) is 11.8. The number of rotatable bonds is 7. The van der Waals surface area contributed by atoms with Crippen LogP contribution in [0, 0.1) is 6.92 Å². The summed E-state index contributed by atoms with van der Waals surface area (Å²) in [5.74, 6) is 0.406. The second kappa shape index (κ2) is 11.1. The number of halogens is 1. The van der Waals surface area contributed by atoms with Gasteiger partial charge in [0.1, 0.15) is 17.5 Å². The van der Waals surface area contributed by atoms with Crippen LogP contribution in [0.25, 0.3) is 22.5 Å². The molecule has 1 atom stereocenters. The van der Waals surface area contributed by atoms with Crippen molar-refractivity contribution in [1.82, 2.24) is 10.5 Å². The number of hydrogen-bond acceptors (Lipinski definition) is 5. The van der Waals surface area contributed by atoms with E-state index in [1.54, 1.807) is 27.0 Å². The molecule has 1 heterocycles. The molecule has 2 N–H and O–H groups in total. The van der Waals surface area contributed by atoms with Gasteiger partial charge in [-0.05, 0) is 36.6 Å². The van der Waals surface area contributed by atoms with E-state index in [-0.39, 0.29) is 5.91 Å². The first kappa shape index (κ1) is 25.0. The number of carbonyl (C=O) groups is 2. The maximum atomic E-state index is 12.6. The fraction of sp³-hybridized carbons (Fsp3) is 0.179. The smallest absolute Gasteiger partial charge is 0.412 e. The molecule has 0 spiro atoms. The average Bonchev–Trinajstić information content (AvgIpc) is 3.24. The van der Waals surface area contributed by atoms with E-state index in [1.807, 2.05) is 66.7 Å². The number of ether oxygens (including phenoxy) is 1. The minimum Gasteiger partial charge on any atom is -0.441 e. The highest BCUT2D eigenvalue weighted by Crippen LogP contribution is 2.33. The molecule has 4 aromatic rings. The molecule has 0 unspecified atom stereocenters. The Hall–Kier alpha value is -4.10. The summed E-state index contributed by atoms with van der Waals surface area (Å²) < 4.78 is 11.0. The molecule has 0 radical (unpaired) electrons. The zero-order valence-electron chi connectivity index (χ0n) is 20.2. The zero-order valence-corrected chi connectivity index (χ0v) is 20.9. The van der Waals surface area contributed by atoms with E-state index in [0.29, 0.717) is 34.1 Å². The lowest BCUT2D eigenvalue weighted by Crippen LogP contribution is -2.19. The van der Waals surface area contributed by atoms with Gasteiger partial charge in [-0.15, -0.1) is 0 Å². The van der Waals surface area contributed by atoms with E-state index in [4.69, 9.17) is 20.9 Å². The van der Waals surface area contributed by atoms with E-state index in [9.17, 15) is 9.59 Å². The van der Waals surface area contributed by atoms with Gasteiger partial charge in [0.05, 0.1) is 6.42 Å². The molecule has 0 saturated heterocycles. The van der Waals surface area contributed by atoms with E-state index < -0.39 is 12.2 Å². The number of aromatic nitrogens is 1. The molecule has 36 heavy (non-hydrogen) atoms. The minimum absolute atomic E-state index is 0.0268. The third-order valence-corrected chi connectivity index (χ3v) is 6.14. The number of anilines is 1. The fourth-order valence-corrected chi connectivity index (χ4v) is 4.07. The van der Waals surface area contributed by atoms with Crippen molar-refractivity contribution in [2.45, 2.75) is 26.4 Å². The summed E-state index contributed by atoms with van der Waals surface area (Å²) >= 11 is 6.21. The molecular weight excluding hydrogens is 478 g/mol. The van der Waals surface area contributed by atoms with Crippen molar-refractivity contribution in [3.63, 3.8) is 0 Å². The summed E-state index contributed by atoms with van der Waals surface area (Å²) in [7, 11) is 1.62. The Morgan fingerprint density at radius 2 is 1.58 bits per heavy atom. The van der Waals surface area contributed by atoms with Crippen molar-refractivity contribution in [3.8, 4) is 22.5 Å². The van der Waals surface area contributed by atoms with Crippen LogP contribution in [-0.2, 0) is 16.0 Å². The highest BCUT2D eigenvalue weighted by atomic mass is 35.5. The molecule has 2 amide bonds. The lowest BCUT2D eigenvalue weighted by molar-refractivity contribution is -0.119. The number of amides is 2. The first-order valence-electron chi connectivity index (χ1n) is 11.4. The van der Waals surface area contributed by atoms with Crippen molar-refractivity contribution in [2.24, 2.45) is 0 Å². The molecular formula is C28H26ClN3O4. The van der Waals surface area contributed by atoms with E-state index in [1.165, 1.54) is 0 Å². The maximum absolute atomic E-state index is 12.6. The molecule has 0 aliphatic heterocycles. The lowest BCUT2D eigenvalue weighted by Gasteiger charge is -2.15. The summed E-state index contributed by atoms with van der Waals surface area (Å²) in [5, 5.41) is 9.93. The molecule has 0 aliphatic carbocycles. The Morgan fingerprint density at radius 3 is 2.22 bits per heavy atom. The van der Waals surface area contributed by atoms with E-state index in [0.717, 1.165) is 22.3 Å². The minimum atomic E-state index is -0.636. The van der Waals surface area contributed by atoms with Gasteiger partial charge in [0.25, 0.3) is 0 Å². The van der Waals surface area contributed by atoms with Gasteiger partial charge in [0.2, 0.25) is 5.91 Å². The monoisotopic (exact) mass is 503 g/mol. The van der Waals surface area contributed by atoms with Crippen LogP contribution in [0.2, 0.25) is 5.02 Å². The molecule has 7 nitrogen and oxygen atoms in total. The number of aryl methyl sites for hydroxylation is 1. The number of hydrogen-bond donors (Lipinski definition) is 2. The summed E-state index contributed by atoms with van der Waals surface area (Å²) in [4.78, 5) is 24.2. The third kappa shape index (κ3) is 5.75. The van der Waals surface area contributed by atoms with Crippen LogP contribution in [0.1, 0.15) is 29.8 Å². The number of carbonyl (C=O) groups excluding carboxylic acids is 2. The van der Waals surface area contributed by atoms with Gasteiger partial charge in [-0.25, -0.2) is 4.79 Å². The third-order valence-electron chi connectivity index (χ3n) is 5.79. The Balaban J connectivity index is 1.47. The Labute approximate surface area is 214 Å². The summed E-state index contributed by atoms with van der Waals surface area (Å²) in [6.45, 7) is 3.50. The zero-order chi connectivity index (χ0) is 25.7. The van der Waals surface area contributed by atoms with Crippen molar-refractivity contribution < 1.29 is 18.8 Å². The van der Waals surface area contributed by atoms with Gasteiger partial charge in [-0.1, -0.05) is 83.5 Å². The highest BCUT2D eigenvalue weighted by Gasteiger charge is 2.20.